The van der Waals surface area contributed by atoms with Crippen molar-refractivity contribution in [3.05, 3.63) is 52.4 Å². The van der Waals surface area contributed by atoms with Gasteiger partial charge in [-0.15, -0.1) is 0 Å². The molecule has 1 aromatic carbocycles. The first-order valence-electron chi connectivity index (χ1n) is 5.90. The van der Waals surface area contributed by atoms with Gasteiger partial charge in [0.25, 0.3) is 5.91 Å². The second-order valence-corrected chi connectivity index (χ2v) is 5.04. The third kappa shape index (κ3) is 3.92. The molecule has 0 spiro atoms. The molecule has 4 nitrogen and oxygen atoms in total. The molecule has 6 heteroatoms. The first-order chi connectivity index (χ1) is 9.56. The summed E-state index contributed by atoms with van der Waals surface area (Å²) < 4.78 is 10.6. The lowest BCUT2D eigenvalue weighted by Gasteiger charge is -2.16. The predicted octanol–water partition coefficient (Wildman–Crippen LogP) is 3.62. The molecule has 0 bridgehead atoms. The quantitative estimate of drug-likeness (QED) is 0.846. The van der Waals surface area contributed by atoms with Crippen molar-refractivity contribution in [2.45, 2.75) is 6.54 Å². The van der Waals surface area contributed by atoms with E-state index in [-0.39, 0.29) is 12.5 Å². The molecule has 2 rings (SSSR count). The van der Waals surface area contributed by atoms with Crippen LogP contribution < -0.4 is 4.74 Å². The Hall–Kier alpha value is -1.65. The molecule has 106 valence electrons. The molecule has 0 N–H and O–H groups in total. The van der Waals surface area contributed by atoms with E-state index in [1.807, 2.05) is 0 Å². The molecule has 0 aliphatic rings. The van der Waals surface area contributed by atoms with Gasteiger partial charge in [0.15, 0.2) is 6.61 Å². The standard InChI is InChI=1S/C14H13Cl2NO3/c1-17(8-11-3-2-6-19-11)14(18)9-20-13-7-10(15)4-5-12(13)16/h2-7H,8-9H2,1H3. The van der Waals surface area contributed by atoms with Crippen molar-refractivity contribution in [1.82, 2.24) is 4.90 Å². The number of likely N-dealkylation sites (N-methyl/N-ethyl adjacent to an activating group) is 1. The average molecular weight is 314 g/mol. The Morgan fingerprint density at radius 3 is 2.85 bits per heavy atom. The summed E-state index contributed by atoms with van der Waals surface area (Å²) in [5.74, 6) is 0.915. The van der Waals surface area contributed by atoms with Crippen LogP contribution in [0.2, 0.25) is 10.0 Å². The van der Waals surface area contributed by atoms with Crippen LogP contribution in [0.5, 0.6) is 5.75 Å². The number of amides is 1. The van der Waals surface area contributed by atoms with Gasteiger partial charge < -0.3 is 14.1 Å². The number of hydrogen-bond acceptors (Lipinski definition) is 3. The lowest BCUT2D eigenvalue weighted by Crippen LogP contribution is -2.30. The molecule has 1 amide bonds. The SMILES string of the molecule is CN(Cc1ccco1)C(=O)COc1cc(Cl)ccc1Cl. The summed E-state index contributed by atoms with van der Waals surface area (Å²) in [7, 11) is 1.67. The molecule has 0 saturated heterocycles. The number of rotatable bonds is 5. The maximum atomic E-state index is 11.9. The average Bonchev–Trinajstić information content (AvgIpc) is 2.92. The molecule has 2 aromatic rings. The zero-order chi connectivity index (χ0) is 14.5. The van der Waals surface area contributed by atoms with Crippen molar-refractivity contribution < 1.29 is 13.9 Å². The van der Waals surface area contributed by atoms with Crippen LogP contribution in [-0.4, -0.2) is 24.5 Å². The Bertz CT molecular complexity index is 584. The summed E-state index contributed by atoms with van der Waals surface area (Å²) >= 11 is 11.8. The van der Waals surface area contributed by atoms with Gasteiger partial charge in [0.05, 0.1) is 17.8 Å². The lowest BCUT2D eigenvalue weighted by molar-refractivity contribution is -0.132. The molecule has 0 atom stereocenters. The number of carbonyl (C=O) groups excluding carboxylic acids is 1. The Balaban J connectivity index is 1.89. The number of nitrogens with zero attached hydrogens (tertiary/aromatic N) is 1. The third-order valence-electron chi connectivity index (χ3n) is 2.64. The maximum absolute atomic E-state index is 11.9. The zero-order valence-corrected chi connectivity index (χ0v) is 12.3. The van der Waals surface area contributed by atoms with Gasteiger partial charge >= 0.3 is 0 Å². The van der Waals surface area contributed by atoms with E-state index in [9.17, 15) is 4.79 Å². The highest BCUT2D eigenvalue weighted by molar-refractivity contribution is 6.34. The van der Waals surface area contributed by atoms with Gasteiger partial charge in [-0.1, -0.05) is 23.2 Å². The van der Waals surface area contributed by atoms with Gasteiger partial charge in [-0.25, -0.2) is 0 Å². The van der Waals surface area contributed by atoms with E-state index in [2.05, 4.69) is 0 Å². The highest BCUT2D eigenvalue weighted by Crippen LogP contribution is 2.27. The molecule has 1 aromatic heterocycles. The van der Waals surface area contributed by atoms with Crippen LogP contribution in [0.4, 0.5) is 0 Å². The first-order valence-corrected chi connectivity index (χ1v) is 6.66. The number of hydrogen-bond donors (Lipinski definition) is 0. The molecule has 0 fully saturated rings. The van der Waals surface area contributed by atoms with Crippen molar-refractivity contribution in [1.29, 1.82) is 0 Å². The highest BCUT2D eigenvalue weighted by atomic mass is 35.5. The number of ether oxygens (including phenoxy) is 1. The van der Waals surface area contributed by atoms with Crippen molar-refractivity contribution in [2.75, 3.05) is 13.7 Å². The highest BCUT2D eigenvalue weighted by Gasteiger charge is 2.12. The van der Waals surface area contributed by atoms with Crippen molar-refractivity contribution in [3.8, 4) is 5.75 Å². The van der Waals surface area contributed by atoms with Crippen LogP contribution in [0.25, 0.3) is 0 Å². The summed E-state index contributed by atoms with van der Waals surface area (Å²) in [6.07, 6.45) is 1.57. The minimum absolute atomic E-state index is 0.114. The second-order valence-electron chi connectivity index (χ2n) is 4.19. The number of halogens is 2. The second kappa shape index (κ2) is 6.68. The maximum Gasteiger partial charge on any atom is 0.260 e. The summed E-state index contributed by atoms with van der Waals surface area (Å²) in [5.41, 5.74) is 0. The molecule has 20 heavy (non-hydrogen) atoms. The summed E-state index contributed by atoms with van der Waals surface area (Å²) in [5, 5.41) is 0.914. The predicted molar refractivity (Wildman–Crippen MR) is 77.1 cm³/mol. The lowest BCUT2D eigenvalue weighted by atomic mass is 10.3. The number of carbonyl (C=O) groups is 1. The normalized spacial score (nSPS) is 10.3. The van der Waals surface area contributed by atoms with Crippen LogP contribution in [0.15, 0.2) is 41.0 Å². The third-order valence-corrected chi connectivity index (χ3v) is 3.19. The molecular formula is C14H13Cl2NO3. The Kier molecular flexibility index (Phi) is 4.93. The van der Waals surface area contributed by atoms with Gasteiger partial charge in [-0.2, -0.15) is 0 Å². The topological polar surface area (TPSA) is 42.7 Å². The van der Waals surface area contributed by atoms with E-state index >= 15 is 0 Å². The van der Waals surface area contributed by atoms with Gasteiger partial charge in [0.1, 0.15) is 11.5 Å². The Morgan fingerprint density at radius 1 is 1.35 bits per heavy atom. The van der Waals surface area contributed by atoms with Crippen molar-refractivity contribution in [3.63, 3.8) is 0 Å². The fraction of sp³-hybridized carbons (Fsp3) is 0.214. The van der Waals surface area contributed by atoms with E-state index < -0.39 is 0 Å². The smallest absolute Gasteiger partial charge is 0.260 e. The molecule has 0 radical (unpaired) electrons. The van der Waals surface area contributed by atoms with Gasteiger partial charge in [-0.3, -0.25) is 4.79 Å². The summed E-state index contributed by atoms with van der Waals surface area (Å²) in [6, 6.07) is 8.43. The largest absolute Gasteiger partial charge is 0.482 e. The van der Waals surface area contributed by atoms with Crippen LogP contribution in [0.1, 0.15) is 5.76 Å². The van der Waals surface area contributed by atoms with Crippen LogP contribution in [-0.2, 0) is 11.3 Å². The molecular weight excluding hydrogens is 301 g/mol. The van der Waals surface area contributed by atoms with Crippen molar-refractivity contribution >= 4 is 29.1 Å². The van der Waals surface area contributed by atoms with E-state index in [0.29, 0.717) is 28.1 Å². The molecule has 0 aliphatic carbocycles. The molecule has 0 unspecified atom stereocenters. The molecule has 0 aliphatic heterocycles. The summed E-state index contributed by atoms with van der Waals surface area (Å²) in [6.45, 7) is 0.274. The Labute approximate surface area is 126 Å². The van der Waals surface area contributed by atoms with Crippen LogP contribution in [0.3, 0.4) is 0 Å². The molecule has 0 saturated carbocycles. The minimum atomic E-state index is -0.183. The van der Waals surface area contributed by atoms with Gasteiger partial charge in [-0.05, 0) is 24.3 Å². The van der Waals surface area contributed by atoms with Crippen LogP contribution >= 0.6 is 23.2 Å². The minimum Gasteiger partial charge on any atom is -0.482 e. The number of benzene rings is 1. The zero-order valence-electron chi connectivity index (χ0n) is 10.8. The van der Waals surface area contributed by atoms with Crippen LogP contribution in [0, 0.1) is 0 Å². The monoisotopic (exact) mass is 313 g/mol. The van der Waals surface area contributed by atoms with E-state index in [1.54, 1.807) is 43.6 Å². The van der Waals surface area contributed by atoms with E-state index in [0.717, 1.165) is 0 Å². The van der Waals surface area contributed by atoms with Crippen molar-refractivity contribution in [2.24, 2.45) is 0 Å². The van der Waals surface area contributed by atoms with Gasteiger partial charge in [0.2, 0.25) is 0 Å². The van der Waals surface area contributed by atoms with E-state index in [4.69, 9.17) is 32.4 Å². The molecule has 1 heterocycles. The summed E-state index contributed by atoms with van der Waals surface area (Å²) in [4.78, 5) is 13.4. The number of furan rings is 1. The van der Waals surface area contributed by atoms with Gasteiger partial charge in [0, 0.05) is 18.1 Å². The van der Waals surface area contributed by atoms with E-state index in [1.165, 1.54) is 4.90 Å². The fourth-order valence-corrected chi connectivity index (χ4v) is 1.90. The Morgan fingerprint density at radius 2 is 2.15 bits per heavy atom. The fourth-order valence-electron chi connectivity index (χ4n) is 1.56. The first kappa shape index (κ1) is 14.8.